The molecule has 1 aromatic rings. The SMILES string of the molecule is CCNCc1cc(Br)c(OCCC(C)O)c(OC)c1. The summed E-state index contributed by atoms with van der Waals surface area (Å²) in [5.74, 6) is 1.39. The van der Waals surface area contributed by atoms with Crippen LogP contribution < -0.4 is 14.8 Å². The summed E-state index contributed by atoms with van der Waals surface area (Å²) >= 11 is 3.50. The molecule has 0 saturated carbocycles. The van der Waals surface area contributed by atoms with E-state index in [-0.39, 0.29) is 6.10 Å². The van der Waals surface area contributed by atoms with E-state index < -0.39 is 0 Å². The summed E-state index contributed by atoms with van der Waals surface area (Å²) < 4.78 is 11.9. The first-order chi connectivity index (χ1) is 9.08. The summed E-state index contributed by atoms with van der Waals surface area (Å²) in [6, 6.07) is 3.98. The number of rotatable bonds is 8. The number of methoxy groups -OCH3 is 1. The van der Waals surface area contributed by atoms with Gasteiger partial charge in [0.05, 0.1) is 24.3 Å². The lowest BCUT2D eigenvalue weighted by molar-refractivity contribution is 0.154. The molecule has 1 rings (SSSR count). The van der Waals surface area contributed by atoms with Gasteiger partial charge in [-0.2, -0.15) is 0 Å². The van der Waals surface area contributed by atoms with Crippen LogP contribution in [0, 0.1) is 0 Å². The van der Waals surface area contributed by atoms with E-state index in [4.69, 9.17) is 9.47 Å². The maximum Gasteiger partial charge on any atom is 0.175 e. The van der Waals surface area contributed by atoms with Gasteiger partial charge < -0.3 is 19.9 Å². The molecule has 0 fully saturated rings. The van der Waals surface area contributed by atoms with Crippen LogP contribution in [0.15, 0.2) is 16.6 Å². The second-order valence-corrected chi connectivity index (χ2v) is 5.23. The second kappa shape index (κ2) is 8.40. The first kappa shape index (κ1) is 16.3. The molecular weight excluding hydrogens is 310 g/mol. The van der Waals surface area contributed by atoms with E-state index in [1.54, 1.807) is 14.0 Å². The van der Waals surface area contributed by atoms with Gasteiger partial charge >= 0.3 is 0 Å². The van der Waals surface area contributed by atoms with E-state index in [0.29, 0.717) is 24.5 Å². The highest BCUT2D eigenvalue weighted by Crippen LogP contribution is 2.36. The number of nitrogens with one attached hydrogen (secondary N) is 1. The van der Waals surface area contributed by atoms with E-state index in [2.05, 4.69) is 28.2 Å². The molecule has 0 aromatic heterocycles. The normalized spacial score (nSPS) is 12.3. The number of aliphatic hydroxyl groups excluding tert-OH is 1. The maximum atomic E-state index is 9.24. The van der Waals surface area contributed by atoms with Crippen molar-refractivity contribution in [3.8, 4) is 11.5 Å². The third-order valence-corrected chi connectivity index (χ3v) is 3.24. The summed E-state index contributed by atoms with van der Waals surface area (Å²) in [5, 5.41) is 12.5. The molecule has 5 heteroatoms. The van der Waals surface area contributed by atoms with Crippen molar-refractivity contribution in [2.45, 2.75) is 32.9 Å². The van der Waals surface area contributed by atoms with Crippen molar-refractivity contribution in [3.63, 3.8) is 0 Å². The summed E-state index contributed by atoms with van der Waals surface area (Å²) in [6.07, 6.45) is 0.229. The Morgan fingerprint density at radius 3 is 2.74 bits per heavy atom. The minimum absolute atomic E-state index is 0.363. The molecule has 0 bridgehead atoms. The molecule has 1 unspecified atom stereocenters. The molecular formula is C14H22BrNO3. The predicted octanol–water partition coefficient (Wildman–Crippen LogP) is 2.72. The third kappa shape index (κ3) is 5.38. The van der Waals surface area contributed by atoms with E-state index in [9.17, 15) is 5.11 Å². The predicted molar refractivity (Wildman–Crippen MR) is 79.9 cm³/mol. The molecule has 0 amide bonds. The Kier molecular flexibility index (Phi) is 7.20. The van der Waals surface area contributed by atoms with Gasteiger partial charge in [0.25, 0.3) is 0 Å². The van der Waals surface area contributed by atoms with Crippen LogP contribution in [0.1, 0.15) is 25.8 Å². The number of aliphatic hydroxyl groups is 1. The van der Waals surface area contributed by atoms with Crippen LogP contribution in [0.5, 0.6) is 11.5 Å². The van der Waals surface area contributed by atoms with Gasteiger partial charge in [-0.25, -0.2) is 0 Å². The highest BCUT2D eigenvalue weighted by Gasteiger charge is 2.12. The lowest BCUT2D eigenvalue weighted by Gasteiger charge is -2.15. The molecule has 0 saturated heterocycles. The van der Waals surface area contributed by atoms with Gasteiger partial charge in [-0.05, 0) is 47.1 Å². The van der Waals surface area contributed by atoms with Crippen molar-refractivity contribution >= 4 is 15.9 Å². The van der Waals surface area contributed by atoms with Gasteiger partial charge in [0, 0.05) is 13.0 Å². The topological polar surface area (TPSA) is 50.7 Å². The highest BCUT2D eigenvalue weighted by molar-refractivity contribution is 9.10. The number of hydrogen-bond donors (Lipinski definition) is 2. The van der Waals surface area contributed by atoms with E-state index in [1.807, 2.05) is 12.1 Å². The Balaban J connectivity index is 2.79. The fourth-order valence-corrected chi connectivity index (χ4v) is 2.22. The van der Waals surface area contributed by atoms with Crippen molar-refractivity contribution < 1.29 is 14.6 Å². The molecule has 0 spiro atoms. The molecule has 0 radical (unpaired) electrons. The first-order valence-electron chi connectivity index (χ1n) is 6.46. The molecule has 1 atom stereocenters. The minimum atomic E-state index is -0.363. The zero-order chi connectivity index (χ0) is 14.3. The lowest BCUT2D eigenvalue weighted by atomic mass is 10.2. The average molecular weight is 332 g/mol. The number of benzene rings is 1. The van der Waals surface area contributed by atoms with Gasteiger partial charge in [-0.1, -0.05) is 6.92 Å². The number of hydrogen-bond acceptors (Lipinski definition) is 4. The van der Waals surface area contributed by atoms with Gasteiger partial charge in [0.2, 0.25) is 0 Å². The van der Waals surface area contributed by atoms with Crippen LogP contribution in [0.2, 0.25) is 0 Å². The average Bonchev–Trinajstić information content (AvgIpc) is 2.37. The van der Waals surface area contributed by atoms with Gasteiger partial charge in [0.1, 0.15) is 0 Å². The van der Waals surface area contributed by atoms with Crippen molar-refractivity contribution in [3.05, 3.63) is 22.2 Å². The molecule has 0 aliphatic carbocycles. The Morgan fingerprint density at radius 1 is 1.42 bits per heavy atom. The summed E-state index contributed by atoms with van der Waals surface area (Å²) in [5.41, 5.74) is 1.13. The highest BCUT2D eigenvalue weighted by atomic mass is 79.9. The van der Waals surface area contributed by atoms with E-state index in [0.717, 1.165) is 23.1 Å². The third-order valence-electron chi connectivity index (χ3n) is 2.65. The van der Waals surface area contributed by atoms with Crippen LogP contribution in [0.4, 0.5) is 0 Å². The Morgan fingerprint density at radius 2 is 2.16 bits per heavy atom. The maximum absolute atomic E-state index is 9.24. The van der Waals surface area contributed by atoms with Crippen molar-refractivity contribution in [1.29, 1.82) is 0 Å². The lowest BCUT2D eigenvalue weighted by Crippen LogP contribution is -2.12. The zero-order valence-corrected chi connectivity index (χ0v) is 13.3. The standard InChI is InChI=1S/C14H22BrNO3/c1-4-16-9-11-7-12(15)14(13(8-11)18-3)19-6-5-10(2)17/h7-8,10,16-17H,4-6,9H2,1-3H3. The van der Waals surface area contributed by atoms with E-state index >= 15 is 0 Å². The van der Waals surface area contributed by atoms with Crippen LogP contribution in [-0.2, 0) is 6.54 Å². The zero-order valence-electron chi connectivity index (χ0n) is 11.7. The molecule has 1 aromatic carbocycles. The van der Waals surface area contributed by atoms with Crippen molar-refractivity contribution in [2.75, 3.05) is 20.3 Å². The molecule has 19 heavy (non-hydrogen) atoms. The van der Waals surface area contributed by atoms with Crippen molar-refractivity contribution in [2.24, 2.45) is 0 Å². The molecule has 108 valence electrons. The quantitative estimate of drug-likeness (QED) is 0.769. The largest absolute Gasteiger partial charge is 0.493 e. The van der Waals surface area contributed by atoms with Crippen molar-refractivity contribution in [1.82, 2.24) is 5.32 Å². The Bertz CT molecular complexity index is 397. The molecule has 0 aliphatic heterocycles. The monoisotopic (exact) mass is 331 g/mol. The minimum Gasteiger partial charge on any atom is -0.493 e. The summed E-state index contributed by atoms with van der Waals surface area (Å²) in [7, 11) is 1.63. The molecule has 4 nitrogen and oxygen atoms in total. The number of halogens is 1. The summed E-state index contributed by atoms with van der Waals surface area (Å²) in [6.45, 7) is 5.99. The summed E-state index contributed by atoms with van der Waals surface area (Å²) in [4.78, 5) is 0. The van der Waals surface area contributed by atoms with Crippen LogP contribution >= 0.6 is 15.9 Å². The van der Waals surface area contributed by atoms with Gasteiger partial charge in [-0.15, -0.1) is 0 Å². The molecule has 0 heterocycles. The van der Waals surface area contributed by atoms with Crippen LogP contribution in [-0.4, -0.2) is 31.5 Å². The fourth-order valence-electron chi connectivity index (χ4n) is 1.62. The van der Waals surface area contributed by atoms with E-state index in [1.165, 1.54) is 0 Å². The Labute approximate surface area is 123 Å². The Hall–Kier alpha value is -0.780. The second-order valence-electron chi connectivity index (χ2n) is 4.38. The molecule has 2 N–H and O–H groups in total. The molecule has 0 aliphatic rings. The van der Waals surface area contributed by atoms with Crippen LogP contribution in [0.25, 0.3) is 0 Å². The number of ether oxygens (including phenoxy) is 2. The van der Waals surface area contributed by atoms with Gasteiger partial charge in [-0.3, -0.25) is 0 Å². The smallest absolute Gasteiger partial charge is 0.175 e. The van der Waals surface area contributed by atoms with Crippen LogP contribution in [0.3, 0.4) is 0 Å². The first-order valence-corrected chi connectivity index (χ1v) is 7.25. The van der Waals surface area contributed by atoms with Gasteiger partial charge in [0.15, 0.2) is 11.5 Å². The fraction of sp³-hybridized carbons (Fsp3) is 0.571.